The van der Waals surface area contributed by atoms with Gasteiger partial charge in [0.25, 0.3) is 0 Å². The molecule has 0 saturated heterocycles. The molecular formula is C12H16N2O4. The van der Waals surface area contributed by atoms with Gasteiger partial charge in [-0.1, -0.05) is 24.3 Å². The van der Waals surface area contributed by atoms with Crippen LogP contribution in [0.15, 0.2) is 24.3 Å². The molecule has 18 heavy (non-hydrogen) atoms. The Morgan fingerprint density at radius 1 is 1.39 bits per heavy atom. The van der Waals surface area contributed by atoms with Gasteiger partial charge in [-0.3, -0.25) is 14.4 Å². The van der Waals surface area contributed by atoms with E-state index in [1.807, 2.05) is 0 Å². The first-order valence-corrected chi connectivity index (χ1v) is 5.45. The SMILES string of the molecule is CC(C(=O)O)c1ccc(CNOCC(N)=O)cc1. The molecular weight excluding hydrogens is 236 g/mol. The fourth-order valence-corrected chi connectivity index (χ4v) is 1.32. The lowest BCUT2D eigenvalue weighted by molar-refractivity contribution is -0.138. The number of carboxylic acids is 1. The number of nitrogens with two attached hydrogens (primary N) is 1. The predicted molar refractivity (Wildman–Crippen MR) is 64.5 cm³/mol. The van der Waals surface area contributed by atoms with Gasteiger partial charge in [-0.2, -0.15) is 5.48 Å². The summed E-state index contributed by atoms with van der Waals surface area (Å²) in [4.78, 5) is 26.0. The van der Waals surface area contributed by atoms with Gasteiger partial charge < -0.3 is 10.8 Å². The molecule has 98 valence electrons. The van der Waals surface area contributed by atoms with E-state index in [0.717, 1.165) is 11.1 Å². The number of primary amides is 1. The molecule has 0 heterocycles. The van der Waals surface area contributed by atoms with Crippen LogP contribution in [-0.2, 0) is 21.0 Å². The summed E-state index contributed by atoms with van der Waals surface area (Å²) >= 11 is 0. The lowest BCUT2D eigenvalue weighted by Crippen LogP contribution is -2.24. The molecule has 0 radical (unpaired) electrons. The average molecular weight is 252 g/mol. The molecule has 1 atom stereocenters. The molecule has 0 bridgehead atoms. The number of hydrogen-bond acceptors (Lipinski definition) is 4. The lowest BCUT2D eigenvalue weighted by atomic mass is 10.0. The van der Waals surface area contributed by atoms with E-state index in [1.165, 1.54) is 0 Å². The van der Waals surface area contributed by atoms with E-state index >= 15 is 0 Å². The first-order chi connectivity index (χ1) is 8.50. The van der Waals surface area contributed by atoms with E-state index in [1.54, 1.807) is 31.2 Å². The molecule has 0 aromatic heterocycles. The number of hydrogen-bond donors (Lipinski definition) is 3. The number of carboxylic acid groups (broad SMARTS) is 1. The molecule has 1 rings (SSSR count). The van der Waals surface area contributed by atoms with Crippen LogP contribution in [-0.4, -0.2) is 23.6 Å². The van der Waals surface area contributed by atoms with Crippen LogP contribution in [0.2, 0.25) is 0 Å². The summed E-state index contributed by atoms with van der Waals surface area (Å²) in [5.41, 5.74) is 9.14. The van der Waals surface area contributed by atoms with Gasteiger partial charge in [0.05, 0.1) is 5.92 Å². The van der Waals surface area contributed by atoms with Crippen molar-refractivity contribution in [3.8, 4) is 0 Å². The van der Waals surface area contributed by atoms with Gasteiger partial charge in [-0.15, -0.1) is 0 Å². The Hall–Kier alpha value is -1.92. The number of carbonyl (C=O) groups excluding carboxylic acids is 1. The van der Waals surface area contributed by atoms with Crippen LogP contribution in [0, 0.1) is 0 Å². The molecule has 0 aliphatic rings. The molecule has 0 spiro atoms. The van der Waals surface area contributed by atoms with Gasteiger partial charge in [0.15, 0.2) is 0 Å². The molecule has 1 unspecified atom stereocenters. The zero-order valence-electron chi connectivity index (χ0n) is 10.1. The second kappa shape index (κ2) is 6.73. The van der Waals surface area contributed by atoms with Gasteiger partial charge in [0, 0.05) is 6.54 Å². The monoisotopic (exact) mass is 252 g/mol. The molecule has 1 aromatic rings. The average Bonchev–Trinajstić information content (AvgIpc) is 2.34. The molecule has 0 aliphatic heterocycles. The minimum Gasteiger partial charge on any atom is -0.481 e. The van der Waals surface area contributed by atoms with E-state index in [0.29, 0.717) is 6.54 Å². The van der Waals surface area contributed by atoms with Crippen LogP contribution in [0.5, 0.6) is 0 Å². The molecule has 0 fully saturated rings. The van der Waals surface area contributed by atoms with Gasteiger partial charge in [0.2, 0.25) is 5.91 Å². The van der Waals surface area contributed by atoms with Crippen LogP contribution in [0.4, 0.5) is 0 Å². The van der Waals surface area contributed by atoms with Crippen LogP contribution in [0.3, 0.4) is 0 Å². The Morgan fingerprint density at radius 3 is 2.50 bits per heavy atom. The summed E-state index contributed by atoms with van der Waals surface area (Å²) in [6.07, 6.45) is 0. The molecule has 1 amide bonds. The quantitative estimate of drug-likeness (QED) is 0.481. The van der Waals surface area contributed by atoms with Gasteiger partial charge in [-0.25, -0.2) is 0 Å². The maximum absolute atomic E-state index is 10.8. The van der Waals surface area contributed by atoms with Crippen LogP contribution in [0.1, 0.15) is 24.0 Å². The summed E-state index contributed by atoms with van der Waals surface area (Å²) in [6.45, 7) is 1.86. The molecule has 6 heteroatoms. The van der Waals surface area contributed by atoms with Crippen molar-refractivity contribution in [1.29, 1.82) is 0 Å². The topological polar surface area (TPSA) is 102 Å². The minimum atomic E-state index is -0.856. The second-order valence-corrected chi connectivity index (χ2v) is 3.88. The number of nitrogens with one attached hydrogen (secondary N) is 1. The van der Waals surface area contributed by atoms with Gasteiger partial charge in [-0.05, 0) is 18.1 Å². The third-order valence-corrected chi connectivity index (χ3v) is 2.44. The molecule has 0 saturated carbocycles. The zero-order chi connectivity index (χ0) is 13.5. The van der Waals surface area contributed by atoms with Crippen LogP contribution >= 0.6 is 0 Å². The summed E-state index contributed by atoms with van der Waals surface area (Å²) in [5.74, 6) is -1.93. The fraction of sp³-hybridized carbons (Fsp3) is 0.333. The van der Waals surface area contributed by atoms with Crippen molar-refractivity contribution in [2.24, 2.45) is 5.73 Å². The minimum absolute atomic E-state index is 0.186. The third-order valence-electron chi connectivity index (χ3n) is 2.44. The van der Waals surface area contributed by atoms with Crippen LogP contribution in [0.25, 0.3) is 0 Å². The summed E-state index contributed by atoms with van der Waals surface area (Å²) in [6, 6.07) is 7.11. The Bertz CT molecular complexity index is 417. The van der Waals surface area contributed by atoms with Crippen molar-refractivity contribution >= 4 is 11.9 Å². The lowest BCUT2D eigenvalue weighted by Gasteiger charge is -2.08. The molecule has 6 nitrogen and oxygen atoms in total. The Kier molecular flexibility index (Phi) is 5.29. The van der Waals surface area contributed by atoms with E-state index in [2.05, 4.69) is 5.48 Å². The Morgan fingerprint density at radius 2 is 2.00 bits per heavy atom. The number of carbonyl (C=O) groups is 2. The van der Waals surface area contributed by atoms with Gasteiger partial charge >= 0.3 is 5.97 Å². The third kappa shape index (κ3) is 4.52. The van der Waals surface area contributed by atoms with Crippen LogP contribution < -0.4 is 11.2 Å². The Labute approximate surface area is 105 Å². The first kappa shape index (κ1) is 14.1. The van der Waals surface area contributed by atoms with E-state index in [-0.39, 0.29) is 6.61 Å². The number of aliphatic carboxylic acids is 1. The largest absolute Gasteiger partial charge is 0.481 e. The number of hydroxylamine groups is 1. The molecule has 4 N–H and O–H groups in total. The summed E-state index contributed by atoms with van der Waals surface area (Å²) < 4.78 is 0. The van der Waals surface area contributed by atoms with Crippen molar-refractivity contribution in [1.82, 2.24) is 5.48 Å². The van der Waals surface area contributed by atoms with Crippen molar-refractivity contribution in [2.75, 3.05) is 6.61 Å². The Balaban J connectivity index is 2.45. The van der Waals surface area contributed by atoms with Crippen molar-refractivity contribution in [3.63, 3.8) is 0 Å². The summed E-state index contributed by atoms with van der Waals surface area (Å²) in [7, 11) is 0. The highest BCUT2D eigenvalue weighted by Gasteiger charge is 2.12. The van der Waals surface area contributed by atoms with Gasteiger partial charge in [0.1, 0.15) is 6.61 Å². The summed E-state index contributed by atoms with van der Waals surface area (Å²) in [5, 5.41) is 8.85. The molecule has 1 aromatic carbocycles. The highest BCUT2D eigenvalue weighted by atomic mass is 16.6. The predicted octanol–water partition coefficient (Wildman–Crippen LogP) is 0.381. The fourth-order valence-electron chi connectivity index (χ4n) is 1.32. The van der Waals surface area contributed by atoms with E-state index < -0.39 is 17.8 Å². The first-order valence-electron chi connectivity index (χ1n) is 5.45. The smallest absolute Gasteiger partial charge is 0.310 e. The van der Waals surface area contributed by atoms with E-state index in [4.69, 9.17) is 15.7 Å². The zero-order valence-corrected chi connectivity index (χ0v) is 10.1. The maximum atomic E-state index is 10.8. The number of benzene rings is 1. The normalized spacial score (nSPS) is 12.1. The second-order valence-electron chi connectivity index (χ2n) is 3.88. The maximum Gasteiger partial charge on any atom is 0.310 e. The number of amides is 1. The highest BCUT2D eigenvalue weighted by Crippen LogP contribution is 2.15. The standard InChI is InChI=1S/C12H16N2O4/c1-8(12(16)17)10-4-2-9(3-5-10)6-14-18-7-11(13)15/h2-5,8,14H,6-7H2,1H3,(H2,13,15)(H,16,17). The van der Waals surface area contributed by atoms with Crippen molar-refractivity contribution < 1.29 is 19.5 Å². The number of rotatable bonds is 7. The van der Waals surface area contributed by atoms with Crippen molar-refractivity contribution in [2.45, 2.75) is 19.4 Å². The van der Waals surface area contributed by atoms with E-state index in [9.17, 15) is 9.59 Å². The molecule has 0 aliphatic carbocycles. The van der Waals surface area contributed by atoms with Crippen molar-refractivity contribution in [3.05, 3.63) is 35.4 Å². The highest BCUT2D eigenvalue weighted by molar-refractivity contribution is 5.75.